The number of hydrogen-bond acceptors (Lipinski definition) is 6. The summed E-state index contributed by atoms with van der Waals surface area (Å²) in [6.45, 7) is -0.306. The Balaban J connectivity index is 1.63. The van der Waals surface area contributed by atoms with Gasteiger partial charge in [0.1, 0.15) is 11.5 Å². The number of halogens is 3. The van der Waals surface area contributed by atoms with Crippen LogP contribution in [0.4, 0.5) is 18.0 Å². The van der Waals surface area contributed by atoms with E-state index < -0.39 is 29.2 Å². The molecule has 3 aromatic heterocycles. The van der Waals surface area contributed by atoms with Crippen molar-refractivity contribution in [3.05, 3.63) is 54.0 Å². The predicted molar refractivity (Wildman–Crippen MR) is 108 cm³/mol. The smallest absolute Gasteiger partial charge is 0.417 e. The Morgan fingerprint density at radius 2 is 2.00 bits per heavy atom. The maximum atomic E-state index is 13.1. The number of nitrogens with one attached hydrogen (secondary N) is 2. The first-order chi connectivity index (χ1) is 15.6. The number of urea groups is 1. The lowest BCUT2D eigenvalue weighted by Gasteiger charge is -2.24. The van der Waals surface area contributed by atoms with Crippen LogP contribution >= 0.6 is 0 Å². The molecular weight excluding hydrogens is 445 g/mol. The number of pyridine rings is 1. The molecule has 1 aliphatic rings. The third-order valence-electron chi connectivity index (χ3n) is 5.54. The summed E-state index contributed by atoms with van der Waals surface area (Å²) in [5.74, 6) is -0.633. The average molecular weight is 460 g/mol. The number of carbonyl (C=O) groups excluding carboxylic acids is 2. The fourth-order valence-corrected chi connectivity index (χ4v) is 3.88. The van der Waals surface area contributed by atoms with Crippen molar-refractivity contribution in [1.29, 1.82) is 0 Å². The van der Waals surface area contributed by atoms with Crippen LogP contribution in [-0.4, -0.2) is 33.7 Å². The minimum atomic E-state index is -4.62. The van der Waals surface area contributed by atoms with E-state index in [2.05, 4.69) is 15.6 Å². The number of benzene rings is 1. The van der Waals surface area contributed by atoms with E-state index in [9.17, 15) is 27.9 Å². The van der Waals surface area contributed by atoms with Gasteiger partial charge in [-0.25, -0.2) is 9.78 Å². The normalized spacial score (nSPS) is 18.7. The fourth-order valence-electron chi connectivity index (χ4n) is 3.88. The molecule has 33 heavy (non-hydrogen) atoms. The van der Waals surface area contributed by atoms with Gasteiger partial charge in [-0.15, -0.1) is 0 Å². The monoisotopic (exact) mass is 460 g/mol. The summed E-state index contributed by atoms with van der Waals surface area (Å²) in [7, 11) is 1.47. The maximum absolute atomic E-state index is 13.1. The quantitative estimate of drug-likeness (QED) is 0.403. The molecule has 9 nitrogen and oxygen atoms in total. The number of carbonyl (C=O) groups is 2. The lowest BCUT2D eigenvalue weighted by atomic mass is 9.96. The number of ether oxygens (including phenoxy) is 1. The van der Waals surface area contributed by atoms with E-state index in [0.29, 0.717) is 22.7 Å². The predicted octanol–water partition coefficient (Wildman–Crippen LogP) is 3.25. The van der Waals surface area contributed by atoms with Crippen molar-refractivity contribution in [2.75, 3.05) is 7.11 Å². The molecule has 12 heteroatoms. The van der Waals surface area contributed by atoms with Gasteiger partial charge in [-0.1, -0.05) is 0 Å². The van der Waals surface area contributed by atoms with Crippen LogP contribution in [-0.2, 0) is 23.1 Å². The second-order valence-corrected chi connectivity index (χ2v) is 7.57. The van der Waals surface area contributed by atoms with Crippen LogP contribution in [0.2, 0.25) is 0 Å². The number of hydrogen-bond donors (Lipinski definition) is 3. The lowest BCUT2D eigenvalue weighted by Crippen LogP contribution is -2.47. The van der Waals surface area contributed by atoms with Crippen LogP contribution in [0.3, 0.4) is 0 Å². The topological polar surface area (TPSA) is 119 Å². The first kappa shape index (κ1) is 20.7. The van der Waals surface area contributed by atoms with Crippen LogP contribution in [0.1, 0.15) is 11.3 Å². The molecule has 0 radical (unpaired) electrons. The third-order valence-corrected chi connectivity index (χ3v) is 5.54. The van der Waals surface area contributed by atoms with Crippen molar-refractivity contribution in [2.24, 2.45) is 0 Å². The van der Waals surface area contributed by atoms with Crippen LogP contribution in [0, 0.1) is 0 Å². The van der Waals surface area contributed by atoms with E-state index in [4.69, 9.17) is 9.15 Å². The molecule has 1 fully saturated rings. The second kappa shape index (κ2) is 6.89. The molecule has 1 aromatic carbocycles. The number of imide groups is 1. The van der Waals surface area contributed by atoms with Crippen molar-refractivity contribution in [3.63, 3.8) is 0 Å². The summed E-state index contributed by atoms with van der Waals surface area (Å²) in [6.07, 6.45) is -2.44. The standard InChI is InChI=1S/C21H15F3N4O5/c1-32-13-3-2-10-8-28(17(29)14(10)6-13)9-20(18(30)26-19(31)27-20)15-5-11-4-12(21(22,23)24)7-25-16(11)33-15/h2-8,29H,9H2,1H3,(H2,26,27,30,31)/t20-/m0/s1. The summed E-state index contributed by atoms with van der Waals surface area (Å²) in [5.41, 5.74) is -2.97. The van der Waals surface area contributed by atoms with Crippen LogP contribution in [0.25, 0.3) is 21.9 Å². The molecule has 3 N–H and O–H groups in total. The Kier molecular flexibility index (Phi) is 4.31. The minimum Gasteiger partial charge on any atom is -0.497 e. The number of furan rings is 1. The van der Waals surface area contributed by atoms with Gasteiger partial charge in [0, 0.05) is 28.6 Å². The molecule has 0 spiro atoms. The van der Waals surface area contributed by atoms with E-state index in [0.717, 1.165) is 6.07 Å². The molecule has 0 unspecified atom stereocenters. The van der Waals surface area contributed by atoms with Crippen LogP contribution in [0.15, 0.2) is 47.1 Å². The van der Waals surface area contributed by atoms with Crippen LogP contribution in [0.5, 0.6) is 11.6 Å². The Morgan fingerprint density at radius 3 is 2.67 bits per heavy atom. The lowest BCUT2D eigenvalue weighted by molar-refractivity contribution is -0.137. The number of alkyl halides is 3. The number of aromatic hydroxyl groups is 1. The highest BCUT2D eigenvalue weighted by molar-refractivity contribution is 6.07. The summed E-state index contributed by atoms with van der Waals surface area (Å²) in [4.78, 5) is 28.6. The molecule has 5 rings (SSSR count). The summed E-state index contributed by atoms with van der Waals surface area (Å²) >= 11 is 0. The number of fused-ring (bicyclic) bond motifs is 2. The van der Waals surface area contributed by atoms with Gasteiger partial charge in [0.05, 0.1) is 19.2 Å². The van der Waals surface area contributed by atoms with Crippen molar-refractivity contribution in [3.8, 4) is 11.6 Å². The Hall–Kier alpha value is -4.22. The molecule has 4 heterocycles. The number of rotatable bonds is 4. The van der Waals surface area contributed by atoms with Gasteiger partial charge in [-0.3, -0.25) is 10.1 Å². The first-order valence-electron chi connectivity index (χ1n) is 9.57. The number of methoxy groups -OCH3 is 1. The van der Waals surface area contributed by atoms with E-state index in [1.54, 1.807) is 24.4 Å². The number of nitrogens with zero attached hydrogens (tertiary/aromatic N) is 2. The van der Waals surface area contributed by atoms with Crippen LogP contribution < -0.4 is 15.4 Å². The zero-order valence-corrected chi connectivity index (χ0v) is 16.9. The summed E-state index contributed by atoms with van der Waals surface area (Å²) in [6, 6.07) is 6.23. The van der Waals surface area contributed by atoms with Gasteiger partial charge in [-0.2, -0.15) is 13.2 Å². The fraction of sp³-hybridized carbons (Fsp3) is 0.190. The molecule has 1 atom stereocenters. The van der Waals surface area contributed by atoms with Gasteiger partial charge < -0.3 is 24.1 Å². The first-order valence-corrected chi connectivity index (χ1v) is 9.57. The van der Waals surface area contributed by atoms with Gasteiger partial charge >= 0.3 is 12.2 Å². The SMILES string of the molecule is COc1ccc2cn(C[C@@]3(c4cc5cc(C(F)(F)F)cnc5o4)NC(=O)NC3=O)c(O)c2c1. The van der Waals surface area contributed by atoms with Crippen molar-refractivity contribution in [1.82, 2.24) is 20.2 Å². The van der Waals surface area contributed by atoms with Gasteiger partial charge in [-0.05, 0) is 30.3 Å². The Morgan fingerprint density at radius 1 is 1.21 bits per heavy atom. The molecular formula is C21H15F3N4O5. The second-order valence-electron chi connectivity index (χ2n) is 7.57. The summed E-state index contributed by atoms with van der Waals surface area (Å²) in [5, 5.41) is 16.4. The Bertz CT molecular complexity index is 1440. The number of aromatic nitrogens is 2. The van der Waals surface area contributed by atoms with Crippen molar-refractivity contribution < 1.29 is 37.0 Å². The third kappa shape index (κ3) is 3.22. The van der Waals surface area contributed by atoms with E-state index in [1.807, 2.05) is 0 Å². The van der Waals surface area contributed by atoms with E-state index in [1.165, 1.54) is 17.7 Å². The Labute approximate surface area is 182 Å². The molecule has 0 saturated carbocycles. The van der Waals surface area contributed by atoms with Crippen molar-refractivity contribution in [2.45, 2.75) is 18.3 Å². The highest BCUT2D eigenvalue weighted by Gasteiger charge is 2.51. The van der Waals surface area contributed by atoms with Gasteiger partial charge in [0.15, 0.2) is 11.4 Å². The largest absolute Gasteiger partial charge is 0.497 e. The zero-order valence-electron chi connectivity index (χ0n) is 16.9. The molecule has 0 aliphatic carbocycles. The highest BCUT2D eigenvalue weighted by Crippen LogP contribution is 2.37. The van der Waals surface area contributed by atoms with E-state index >= 15 is 0 Å². The molecule has 3 amide bonds. The zero-order chi connectivity index (χ0) is 23.5. The molecule has 0 bridgehead atoms. The minimum absolute atomic E-state index is 0.000209. The van der Waals surface area contributed by atoms with E-state index in [-0.39, 0.29) is 29.3 Å². The molecule has 4 aromatic rings. The van der Waals surface area contributed by atoms with Gasteiger partial charge in [0.25, 0.3) is 5.91 Å². The molecule has 1 saturated heterocycles. The van der Waals surface area contributed by atoms with Crippen molar-refractivity contribution >= 4 is 33.8 Å². The number of amides is 3. The maximum Gasteiger partial charge on any atom is 0.417 e. The summed E-state index contributed by atoms with van der Waals surface area (Å²) < 4.78 is 51.3. The molecule has 170 valence electrons. The average Bonchev–Trinajstić information content (AvgIpc) is 3.41. The highest BCUT2D eigenvalue weighted by atomic mass is 19.4. The molecule has 1 aliphatic heterocycles. The van der Waals surface area contributed by atoms with Gasteiger partial charge in [0.2, 0.25) is 5.71 Å².